The first-order valence-electron chi connectivity index (χ1n) is 8.57. The van der Waals surface area contributed by atoms with Crippen molar-refractivity contribution in [1.82, 2.24) is 10.3 Å². The van der Waals surface area contributed by atoms with Crippen LogP contribution in [-0.2, 0) is 4.79 Å². The first-order chi connectivity index (χ1) is 12.1. The zero-order valence-corrected chi connectivity index (χ0v) is 14.3. The van der Waals surface area contributed by atoms with Gasteiger partial charge < -0.3 is 15.5 Å². The van der Waals surface area contributed by atoms with Gasteiger partial charge in [-0.05, 0) is 49.7 Å². The summed E-state index contributed by atoms with van der Waals surface area (Å²) in [6, 6.07) is 12.1. The smallest absolute Gasteiger partial charge is 0.225 e. The molecule has 0 unspecified atom stereocenters. The highest BCUT2D eigenvalue weighted by Crippen LogP contribution is 2.18. The van der Waals surface area contributed by atoms with Gasteiger partial charge in [0.15, 0.2) is 0 Å². The van der Waals surface area contributed by atoms with Gasteiger partial charge in [-0.1, -0.05) is 6.07 Å². The number of halogens is 1. The van der Waals surface area contributed by atoms with Gasteiger partial charge in [0.05, 0.1) is 0 Å². The van der Waals surface area contributed by atoms with Gasteiger partial charge in [0.1, 0.15) is 11.6 Å². The van der Waals surface area contributed by atoms with Gasteiger partial charge in [-0.25, -0.2) is 9.37 Å². The van der Waals surface area contributed by atoms with Crippen LogP contribution in [0.15, 0.2) is 48.7 Å². The predicted octanol–water partition coefficient (Wildman–Crippen LogP) is 2.81. The first-order valence-corrected chi connectivity index (χ1v) is 8.57. The molecule has 0 radical (unpaired) electrons. The van der Waals surface area contributed by atoms with Crippen molar-refractivity contribution in [3.05, 3.63) is 54.5 Å². The second-order valence-electron chi connectivity index (χ2n) is 6.45. The molecular formula is C19H23FN4O. The van der Waals surface area contributed by atoms with Crippen LogP contribution >= 0.6 is 0 Å². The molecule has 2 atom stereocenters. The lowest BCUT2D eigenvalue weighted by Crippen LogP contribution is -2.40. The summed E-state index contributed by atoms with van der Waals surface area (Å²) in [4.78, 5) is 18.7. The molecule has 0 aliphatic carbocycles. The molecule has 132 valence electrons. The van der Waals surface area contributed by atoms with Crippen LogP contribution in [0.5, 0.6) is 0 Å². The number of hydrogen-bond donors (Lipinski definition) is 2. The average Bonchev–Trinajstić information content (AvgIpc) is 3.06. The van der Waals surface area contributed by atoms with Gasteiger partial charge in [0, 0.05) is 43.5 Å². The summed E-state index contributed by atoms with van der Waals surface area (Å²) in [6.45, 7) is 3.86. The maximum atomic E-state index is 12.9. The summed E-state index contributed by atoms with van der Waals surface area (Å²) in [5.41, 5.74) is 0.612. The number of pyridine rings is 1. The largest absolute Gasteiger partial charge is 0.355 e. The molecule has 1 saturated heterocycles. The van der Waals surface area contributed by atoms with Crippen LogP contribution in [0.2, 0.25) is 0 Å². The van der Waals surface area contributed by atoms with Gasteiger partial charge >= 0.3 is 0 Å². The number of hydrogen-bond acceptors (Lipinski definition) is 4. The number of benzene rings is 1. The first kappa shape index (κ1) is 17.4. The Labute approximate surface area is 147 Å². The summed E-state index contributed by atoms with van der Waals surface area (Å²) in [5.74, 6) is 0.603. The summed E-state index contributed by atoms with van der Waals surface area (Å²) < 4.78 is 12.9. The van der Waals surface area contributed by atoms with Crippen LogP contribution in [0.1, 0.15) is 19.8 Å². The Morgan fingerprint density at radius 1 is 1.32 bits per heavy atom. The van der Waals surface area contributed by atoms with E-state index < -0.39 is 0 Å². The van der Waals surface area contributed by atoms with Gasteiger partial charge in [-0.15, -0.1) is 0 Å². The van der Waals surface area contributed by atoms with Crippen LogP contribution in [0.25, 0.3) is 0 Å². The van der Waals surface area contributed by atoms with E-state index in [9.17, 15) is 9.18 Å². The molecule has 3 rings (SSSR count). The highest BCUT2D eigenvalue weighted by atomic mass is 19.1. The van der Waals surface area contributed by atoms with Crippen molar-refractivity contribution in [2.75, 3.05) is 23.3 Å². The molecule has 1 amide bonds. The minimum absolute atomic E-state index is 0.0640. The van der Waals surface area contributed by atoms with E-state index in [-0.39, 0.29) is 17.8 Å². The normalized spacial score (nSPS) is 18.2. The molecule has 2 N–H and O–H groups in total. The summed E-state index contributed by atoms with van der Waals surface area (Å²) in [6.07, 6.45) is 3.20. The van der Waals surface area contributed by atoms with E-state index in [0.717, 1.165) is 25.3 Å². The van der Waals surface area contributed by atoms with E-state index in [1.807, 2.05) is 25.1 Å². The van der Waals surface area contributed by atoms with Gasteiger partial charge in [-0.3, -0.25) is 4.79 Å². The highest BCUT2D eigenvalue weighted by Gasteiger charge is 2.24. The molecular weight excluding hydrogens is 319 g/mol. The lowest BCUT2D eigenvalue weighted by molar-refractivity contribution is -0.116. The number of nitrogens with zero attached hydrogens (tertiary/aromatic N) is 2. The van der Waals surface area contributed by atoms with E-state index in [2.05, 4.69) is 20.5 Å². The second kappa shape index (κ2) is 8.07. The van der Waals surface area contributed by atoms with Crippen LogP contribution in [0.3, 0.4) is 0 Å². The van der Waals surface area contributed by atoms with Crippen LogP contribution in [0.4, 0.5) is 15.9 Å². The number of carbonyl (C=O) groups excluding carboxylic acids is 1. The van der Waals surface area contributed by atoms with Crippen molar-refractivity contribution in [2.45, 2.75) is 31.8 Å². The molecule has 0 spiro atoms. The standard InChI is InChI=1S/C19H23FN4O/c1-14(12-19(25)23-16-7-5-15(20)6-8-16)22-17-9-11-24(13-17)18-4-2-3-10-21-18/h2-8,10,14,17,22H,9,11-13H2,1H3,(H,23,25)/t14-,17+/m0/s1. The van der Waals surface area contributed by atoms with E-state index in [0.29, 0.717) is 18.2 Å². The Bertz CT molecular complexity index is 692. The van der Waals surface area contributed by atoms with Crippen LogP contribution in [-0.4, -0.2) is 36.1 Å². The molecule has 2 heterocycles. The Morgan fingerprint density at radius 3 is 2.84 bits per heavy atom. The average molecular weight is 342 g/mol. The number of anilines is 2. The van der Waals surface area contributed by atoms with Crippen molar-refractivity contribution in [2.24, 2.45) is 0 Å². The highest BCUT2D eigenvalue weighted by molar-refractivity contribution is 5.91. The topological polar surface area (TPSA) is 57.3 Å². The molecule has 25 heavy (non-hydrogen) atoms. The molecule has 2 aromatic rings. The maximum absolute atomic E-state index is 12.9. The molecule has 5 nitrogen and oxygen atoms in total. The fraction of sp³-hybridized carbons (Fsp3) is 0.368. The molecule has 1 aliphatic rings. The molecule has 0 saturated carbocycles. The van der Waals surface area contributed by atoms with Crippen molar-refractivity contribution in [3.8, 4) is 0 Å². The minimum Gasteiger partial charge on any atom is -0.355 e. The number of rotatable bonds is 6. The molecule has 0 bridgehead atoms. The summed E-state index contributed by atoms with van der Waals surface area (Å²) in [5, 5.41) is 6.31. The maximum Gasteiger partial charge on any atom is 0.225 e. The van der Waals surface area contributed by atoms with Crippen molar-refractivity contribution in [3.63, 3.8) is 0 Å². The minimum atomic E-state index is -0.313. The van der Waals surface area contributed by atoms with Crippen LogP contribution < -0.4 is 15.5 Å². The van der Waals surface area contributed by atoms with E-state index in [1.54, 1.807) is 18.3 Å². The summed E-state index contributed by atoms with van der Waals surface area (Å²) in [7, 11) is 0. The monoisotopic (exact) mass is 342 g/mol. The molecule has 1 aromatic heterocycles. The van der Waals surface area contributed by atoms with Crippen molar-refractivity contribution < 1.29 is 9.18 Å². The third kappa shape index (κ3) is 5.00. The quantitative estimate of drug-likeness (QED) is 0.848. The van der Waals surface area contributed by atoms with Crippen LogP contribution in [0, 0.1) is 5.82 Å². The Morgan fingerprint density at radius 2 is 2.12 bits per heavy atom. The van der Waals surface area contributed by atoms with E-state index in [1.165, 1.54) is 12.1 Å². The third-order valence-corrected chi connectivity index (χ3v) is 4.30. The number of aromatic nitrogens is 1. The molecule has 1 aromatic carbocycles. The molecule has 6 heteroatoms. The molecule has 1 aliphatic heterocycles. The fourth-order valence-corrected chi connectivity index (χ4v) is 3.13. The predicted molar refractivity (Wildman–Crippen MR) is 97.1 cm³/mol. The fourth-order valence-electron chi connectivity index (χ4n) is 3.13. The molecule has 1 fully saturated rings. The Balaban J connectivity index is 1.44. The van der Waals surface area contributed by atoms with Crippen molar-refractivity contribution in [1.29, 1.82) is 0 Å². The summed E-state index contributed by atoms with van der Waals surface area (Å²) >= 11 is 0. The van der Waals surface area contributed by atoms with Gasteiger partial charge in [-0.2, -0.15) is 0 Å². The van der Waals surface area contributed by atoms with Gasteiger partial charge in [0.2, 0.25) is 5.91 Å². The number of amides is 1. The Kier molecular flexibility index (Phi) is 5.60. The lowest BCUT2D eigenvalue weighted by Gasteiger charge is -2.21. The van der Waals surface area contributed by atoms with Gasteiger partial charge in [0.25, 0.3) is 0 Å². The van der Waals surface area contributed by atoms with E-state index >= 15 is 0 Å². The SMILES string of the molecule is C[C@@H](CC(=O)Nc1ccc(F)cc1)N[C@@H]1CCN(c2ccccn2)C1. The lowest BCUT2D eigenvalue weighted by atomic mass is 10.1. The number of nitrogens with one attached hydrogen (secondary N) is 2. The van der Waals surface area contributed by atoms with Crippen molar-refractivity contribution >= 4 is 17.4 Å². The zero-order valence-electron chi connectivity index (χ0n) is 14.3. The Hall–Kier alpha value is -2.47. The third-order valence-electron chi connectivity index (χ3n) is 4.30. The number of carbonyl (C=O) groups is 1. The zero-order chi connectivity index (χ0) is 17.6. The second-order valence-corrected chi connectivity index (χ2v) is 6.45. The van der Waals surface area contributed by atoms with E-state index in [4.69, 9.17) is 0 Å².